The summed E-state index contributed by atoms with van der Waals surface area (Å²) in [6.45, 7) is 5.40. The number of piperazine rings is 1. The van der Waals surface area contributed by atoms with Gasteiger partial charge in [0.05, 0.1) is 5.92 Å². The number of hydrogen-bond acceptors (Lipinski definition) is 6. The maximum atomic E-state index is 5.47. The Morgan fingerprint density at radius 3 is 3.05 bits per heavy atom. The number of piperidine rings is 1. The zero-order valence-electron chi connectivity index (χ0n) is 12.5. The van der Waals surface area contributed by atoms with Crippen LogP contribution in [0, 0.1) is 0 Å². The molecule has 3 heterocycles. The molecule has 2 fully saturated rings. The Balaban J connectivity index is 1.61. The van der Waals surface area contributed by atoms with Gasteiger partial charge in [-0.1, -0.05) is 5.16 Å². The molecule has 0 bridgehead atoms. The molecule has 2 aliphatic heterocycles. The predicted molar refractivity (Wildman–Crippen MR) is 76.8 cm³/mol. The van der Waals surface area contributed by atoms with E-state index in [9.17, 15) is 0 Å². The summed E-state index contributed by atoms with van der Waals surface area (Å²) in [6.07, 6.45) is 3.23. The highest BCUT2D eigenvalue weighted by Crippen LogP contribution is 2.22. The second-order valence-electron chi connectivity index (χ2n) is 6.19. The number of nitrogens with one attached hydrogen (secondary N) is 1. The van der Waals surface area contributed by atoms with E-state index in [0.29, 0.717) is 12.0 Å². The van der Waals surface area contributed by atoms with Crippen LogP contribution in [0.1, 0.15) is 30.5 Å². The molecular formula is C14H25N5O. The number of hydrogen-bond donors (Lipinski definition) is 1. The van der Waals surface area contributed by atoms with Crippen molar-refractivity contribution in [1.82, 2.24) is 25.3 Å². The normalized spacial score (nSPS) is 29.7. The average molecular weight is 279 g/mol. The molecule has 6 nitrogen and oxygen atoms in total. The largest absolute Gasteiger partial charge is 0.339 e. The molecule has 0 radical (unpaired) electrons. The Hall–Kier alpha value is -0.980. The van der Waals surface area contributed by atoms with Crippen LogP contribution in [-0.2, 0) is 6.42 Å². The first-order valence-electron chi connectivity index (χ1n) is 7.64. The van der Waals surface area contributed by atoms with Crippen molar-refractivity contribution in [2.45, 2.75) is 31.2 Å². The standard InChI is InChI=1S/C14H25N5O/c1-18-6-7-19(2)12(10-18)8-13-16-14(20-17-13)11-4-3-5-15-9-11/h11-12,15H,3-10H2,1-2H3/t11-,12?/m1/s1. The summed E-state index contributed by atoms with van der Waals surface area (Å²) in [4.78, 5) is 9.40. The molecule has 2 atom stereocenters. The van der Waals surface area contributed by atoms with Crippen molar-refractivity contribution >= 4 is 0 Å². The van der Waals surface area contributed by atoms with Crippen LogP contribution in [0.4, 0.5) is 0 Å². The maximum Gasteiger partial charge on any atom is 0.231 e. The minimum atomic E-state index is 0.400. The lowest BCUT2D eigenvalue weighted by Crippen LogP contribution is -2.50. The molecule has 0 amide bonds. The van der Waals surface area contributed by atoms with Gasteiger partial charge in [-0.25, -0.2) is 0 Å². The molecule has 6 heteroatoms. The lowest BCUT2D eigenvalue weighted by molar-refractivity contribution is 0.113. The first-order chi connectivity index (χ1) is 9.72. The first-order valence-corrected chi connectivity index (χ1v) is 7.64. The molecule has 2 saturated heterocycles. The minimum Gasteiger partial charge on any atom is -0.339 e. The zero-order chi connectivity index (χ0) is 13.9. The fourth-order valence-corrected chi connectivity index (χ4v) is 3.11. The first kappa shape index (κ1) is 14.0. The number of aromatic nitrogens is 2. The molecule has 2 aliphatic rings. The Morgan fingerprint density at radius 2 is 2.25 bits per heavy atom. The average Bonchev–Trinajstić information content (AvgIpc) is 2.92. The highest BCUT2D eigenvalue weighted by atomic mass is 16.5. The van der Waals surface area contributed by atoms with Gasteiger partial charge in [0.15, 0.2) is 5.82 Å². The van der Waals surface area contributed by atoms with Gasteiger partial charge in [-0.15, -0.1) is 0 Å². The summed E-state index contributed by atoms with van der Waals surface area (Å²) in [5.74, 6) is 2.08. The molecule has 0 saturated carbocycles. The Morgan fingerprint density at radius 1 is 1.35 bits per heavy atom. The second kappa shape index (κ2) is 6.20. The Bertz CT molecular complexity index is 429. The third-order valence-electron chi connectivity index (χ3n) is 4.53. The Labute approximate surface area is 120 Å². The lowest BCUT2D eigenvalue weighted by Gasteiger charge is -2.37. The zero-order valence-corrected chi connectivity index (χ0v) is 12.5. The summed E-state index contributed by atoms with van der Waals surface area (Å²) < 4.78 is 5.47. The minimum absolute atomic E-state index is 0.400. The van der Waals surface area contributed by atoms with E-state index in [4.69, 9.17) is 4.52 Å². The van der Waals surface area contributed by atoms with Gasteiger partial charge in [-0.2, -0.15) is 4.98 Å². The molecule has 1 unspecified atom stereocenters. The van der Waals surface area contributed by atoms with Gasteiger partial charge in [0.1, 0.15) is 0 Å². The summed E-state index contributed by atoms with van der Waals surface area (Å²) in [6, 6.07) is 0.490. The number of nitrogens with zero attached hydrogens (tertiary/aromatic N) is 4. The van der Waals surface area contributed by atoms with E-state index in [0.717, 1.165) is 57.3 Å². The Kier molecular flexibility index (Phi) is 4.33. The summed E-state index contributed by atoms with van der Waals surface area (Å²) in [5, 5.41) is 7.58. The van der Waals surface area contributed by atoms with Gasteiger partial charge in [0.2, 0.25) is 5.89 Å². The van der Waals surface area contributed by atoms with Crippen LogP contribution in [0.5, 0.6) is 0 Å². The van der Waals surface area contributed by atoms with Crippen molar-refractivity contribution in [2.24, 2.45) is 0 Å². The molecule has 112 valence electrons. The smallest absolute Gasteiger partial charge is 0.231 e. The van der Waals surface area contributed by atoms with E-state index >= 15 is 0 Å². The van der Waals surface area contributed by atoms with Crippen LogP contribution in [0.3, 0.4) is 0 Å². The topological polar surface area (TPSA) is 57.4 Å². The SMILES string of the molecule is CN1CCN(C)C(Cc2noc([C@@H]3CCCNC3)n2)C1. The molecule has 0 spiro atoms. The van der Waals surface area contributed by atoms with Crippen LogP contribution < -0.4 is 5.32 Å². The van der Waals surface area contributed by atoms with E-state index in [1.807, 2.05) is 0 Å². The van der Waals surface area contributed by atoms with E-state index in [-0.39, 0.29) is 0 Å². The van der Waals surface area contributed by atoms with Crippen LogP contribution in [0.2, 0.25) is 0 Å². The van der Waals surface area contributed by atoms with Crippen LogP contribution >= 0.6 is 0 Å². The van der Waals surface area contributed by atoms with Crippen LogP contribution in [-0.4, -0.2) is 72.8 Å². The molecule has 20 heavy (non-hydrogen) atoms. The third kappa shape index (κ3) is 3.19. The van der Waals surface area contributed by atoms with Crippen molar-refractivity contribution in [1.29, 1.82) is 0 Å². The predicted octanol–water partition coefficient (Wildman–Crippen LogP) is 0.325. The quantitative estimate of drug-likeness (QED) is 0.860. The molecule has 1 aromatic rings. The van der Waals surface area contributed by atoms with Gasteiger partial charge >= 0.3 is 0 Å². The van der Waals surface area contributed by atoms with Gasteiger partial charge < -0.3 is 19.6 Å². The second-order valence-corrected chi connectivity index (χ2v) is 6.19. The van der Waals surface area contributed by atoms with Crippen molar-refractivity contribution in [3.05, 3.63) is 11.7 Å². The molecule has 0 aliphatic carbocycles. The summed E-state index contributed by atoms with van der Waals surface area (Å²) >= 11 is 0. The van der Waals surface area contributed by atoms with Crippen molar-refractivity contribution < 1.29 is 4.52 Å². The van der Waals surface area contributed by atoms with E-state index in [1.54, 1.807) is 0 Å². The van der Waals surface area contributed by atoms with Gasteiger partial charge in [-0.3, -0.25) is 0 Å². The van der Waals surface area contributed by atoms with Crippen molar-refractivity contribution in [3.63, 3.8) is 0 Å². The summed E-state index contributed by atoms with van der Waals surface area (Å²) in [5.41, 5.74) is 0. The molecule has 1 N–H and O–H groups in total. The molecule has 3 rings (SSSR count). The van der Waals surface area contributed by atoms with E-state index in [2.05, 4.69) is 39.4 Å². The highest BCUT2D eigenvalue weighted by Gasteiger charge is 2.26. The van der Waals surface area contributed by atoms with Crippen LogP contribution in [0.25, 0.3) is 0 Å². The summed E-state index contributed by atoms with van der Waals surface area (Å²) in [7, 11) is 4.36. The highest BCUT2D eigenvalue weighted by molar-refractivity contribution is 4.99. The van der Waals surface area contributed by atoms with Gasteiger partial charge in [0.25, 0.3) is 0 Å². The van der Waals surface area contributed by atoms with Gasteiger partial charge in [-0.05, 0) is 33.5 Å². The fourth-order valence-electron chi connectivity index (χ4n) is 3.11. The number of likely N-dealkylation sites (N-methyl/N-ethyl adjacent to an activating group) is 2. The lowest BCUT2D eigenvalue weighted by atomic mass is 10.00. The number of rotatable bonds is 3. The van der Waals surface area contributed by atoms with E-state index in [1.165, 1.54) is 6.42 Å². The maximum absolute atomic E-state index is 5.47. The molecule has 0 aromatic carbocycles. The third-order valence-corrected chi connectivity index (χ3v) is 4.53. The van der Waals surface area contributed by atoms with E-state index < -0.39 is 0 Å². The molecular weight excluding hydrogens is 254 g/mol. The molecule has 1 aromatic heterocycles. The van der Waals surface area contributed by atoms with Crippen LogP contribution in [0.15, 0.2) is 4.52 Å². The fraction of sp³-hybridized carbons (Fsp3) is 0.857. The van der Waals surface area contributed by atoms with Crippen molar-refractivity contribution in [3.8, 4) is 0 Å². The van der Waals surface area contributed by atoms with Gasteiger partial charge in [0, 0.05) is 38.6 Å². The van der Waals surface area contributed by atoms with Crippen molar-refractivity contribution in [2.75, 3.05) is 46.8 Å². The monoisotopic (exact) mass is 279 g/mol.